The minimum absolute atomic E-state index is 0.127. The van der Waals surface area contributed by atoms with E-state index in [4.69, 9.17) is 0 Å². The maximum Gasteiger partial charge on any atom is 0.222 e. The Morgan fingerprint density at radius 2 is 2.08 bits per heavy atom. The van der Waals surface area contributed by atoms with Crippen molar-refractivity contribution in [3.8, 4) is 0 Å². The van der Waals surface area contributed by atoms with Crippen molar-refractivity contribution in [3.63, 3.8) is 0 Å². The number of likely N-dealkylation sites (tertiary alicyclic amines) is 1. The molecule has 1 aliphatic rings. The minimum Gasteiger partial charge on any atom is -0.341 e. The fourth-order valence-corrected chi connectivity index (χ4v) is 3.21. The minimum atomic E-state index is 0.127. The number of carbonyl (C=O) groups is 1. The number of aromatic nitrogens is 2. The molecule has 2 aromatic rings. The zero-order valence-electron chi connectivity index (χ0n) is 14.3. The van der Waals surface area contributed by atoms with Gasteiger partial charge in [-0.05, 0) is 25.3 Å². The SMILES string of the molecule is Cc1[nH]ncc1CN[C@@H](CN1CCCCCC1=O)c1ccccc1. The van der Waals surface area contributed by atoms with Crippen LogP contribution in [0.15, 0.2) is 36.5 Å². The average molecular weight is 326 g/mol. The number of rotatable bonds is 6. The van der Waals surface area contributed by atoms with Gasteiger partial charge in [-0.3, -0.25) is 9.89 Å². The molecule has 3 rings (SSSR count). The van der Waals surface area contributed by atoms with Crippen LogP contribution in [0.1, 0.15) is 48.5 Å². The summed E-state index contributed by atoms with van der Waals surface area (Å²) in [4.78, 5) is 14.4. The number of nitrogens with one attached hydrogen (secondary N) is 2. The number of amides is 1. The largest absolute Gasteiger partial charge is 0.341 e. The lowest BCUT2D eigenvalue weighted by Gasteiger charge is -2.28. The smallest absolute Gasteiger partial charge is 0.222 e. The molecule has 1 aliphatic heterocycles. The molecule has 0 aliphatic carbocycles. The van der Waals surface area contributed by atoms with Gasteiger partial charge >= 0.3 is 0 Å². The molecule has 1 aromatic heterocycles. The Kier molecular flexibility index (Phi) is 5.64. The van der Waals surface area contributed by atoms with Gasteiger partial charge < -0.3 is 10.2 Å². The lowest BCUT2D eigenvalue weighted by molar-refractivity contribution is -0.131. The summed E-state index contributed by atoms with van der Waals surface area (Å²) in [5.74, 6) is 0.287. The molecule has 0 saturated carbocycles. The van der Waals surface area contributed by atoms with Gasteiger partial charge in [0.05, 0.1) is 12.2 Å². The third-order valence-corrected chi connectivity index (χ3v) is 4.75. The highest BCUT2D eigenvalue weighted by Crippen LogP contribution is 2.19. The number of nitrogens with zero attached hydrogens (tertiary/aromatic N) is 2. The van der Waals surface area contributed by atoms with E-state index in [2.05, 4.69) is 39.8 Å². The fourth-order valence-electron chi connectivity index (χ4n) is 3.21. The summed E-state index contributed by atoms with van der Waals surface area (Å²) < 4.78 is 0. The van der Waals surface area contributed by atoms with Crippen molar-refractivity contribution in [1.82, 2.24) is 20.4 Å². The number of aryl methyl sites for hydroxylation is 1. The zero-order valence-corrected chi connectivity index (χ0v) is 14.3. The quantitative estimate of drug-likeness (QED) is 0.858. The van der Waals surface area contributed by atoms with E-state index in [1.54, 1.807) is 0 Å². The second-order valence-corrected chi connectivity index (χ2v) is 6.51. The molecule has 0 spiro atoms. The maximum absolute atomic E-state index is 12.4. The second-order valence-electron chi connectivity index (χ2n) is 6.51. The monoisotopic (exact) mass is 326 g/mol. The van der Waals surface area contributed by atoms with Crippen molar-refractivity contribution in [2.45, 2.75) is 45.2 Å². The van der Waals surface area contributed by atoms with Crippen LogP contribution < -0.4 is 5.32 Å². The highest BCUT2D eigenvalue weighted by molar-refractivity contribution is 5.76. The van der Waals surface area contributed by atoms with E-state index >= 15 is 0 Å². The van der Waals surface area contributed by atoms with Crippen LogP contribution in [0.5, 0.6) is 0 Å². The number of benzene rings is 1. The third kappa shape index (κ3) is 4.23. The van der Waals surface area contributed by atoms with Gasteiger partial charge in [-0.1, -0.05) is 36.8 Å². The standard InChI is InChI=1S/C19H26N4O/c1-15-17(13-21-22-15)12-20-18(16-8-4-2-5-9-16)14-23-11-7-3-6-10-19(23)24/h2,4-5,8-9,13,18,20H,3,6-7,10-12,14H2,1H3,(H,21,22)/t18-/m0/s1. The molecule has 1 amide bonds. The Labute approximate surface area is 143 Å². The number of aromatic amines is 1. The van der Waals surface area contributed by atoms with E-state index in [1.807, 2.05) is 24.1 Å². The summed E-state index contributed by atoms with van der Waals surface area (Å²) in [6, 6.07) is 10.5. The van der Waals surface area contributed by atoms with Crippen LogP contribution >= 0.6 is 0 Å². The molecule has 1 fully saturated rings. The Balaban J connectivity index is 1.72. The molecule has 0 radical (unpaired) electrons. The molecule has 24 heavy (non-hydrogen) atoms. The summed E-state index contributed by atoms with van der Waals surface area (Å²) in [6.45, 7) is 4.36. The van der Waals surface area contributed by atoms with Crippen LogP contribution in [0.4, 0.5) is 0 Å². The Morgan fingerprint density at radius 3 is 2.83 bits per heavy atom. The first kappa shape index (κ1) is 16.7. The predicted molar refractivity (Wildman–Crippen MR) is 94.4 cm³/mol. The molecule has 5 heteroatoms. The van der Waals surface area contributed by atoms with E-state index < -0.39 is 0 Å². The van der Waals surface area contributed by atoms with Crippen LogP contribution in [0.3, 0.4) is 0 Å². The van der Waals surface area contributed by atoms with Crippen molar-refractivity contribution in [1.29, 1.82) is 0 Å². The highest BCUT2D eigenvalue weighted by atomic mass is 16.2. The molecule has 0 unspecified atom stereocenters. The van der Waals surface area contributed by atoms with Crippen molar-refractivity contribution in [2.75, 3.05) is 13.1 Å². The van der Waals surface area contributed by atoms with Crippen LogP contribution in [-0.4, -0.2) is 34.1 Å². The molecule has 128 valence electrons. The van der Waals surface area contributed by atoms with Crippen LogP contribution in [0, 0.1) is 6.92 Å². The summed E-state index contributed by atoms with van der Waals surface area (Å²) in [5.41, 5.74) is 3.47. The van der Waals surface area contributed by atoms with Crippen LogP contribution in [0.2, 0.25) is 0 Å². The van der Waals surface area contributed by atoms with Gasteiger partial charge in [0.2, 0.25) is 5.91 Å². The first-order valence-electron chi connectivity index (χ1n) is 8.79. The number of H-pyrrole nitrogens is 1. The van der Waals surface area contributed by atoms with E-state index in [1.165, 1.54) is 5.56 Å². The molecular formula is C19H26N4O. The Bertz CT molecular complexity index is 652. The number of hydrogen-bond acceptors (Lipinski definition) is 3. The Hall–Kier alpha value is -2.14. The second kappa shape index (κ2) is 8.11. The van der Waals surface area contributed by atoms with Crippen molar-refractivity contribution < 1.29 is 4.79 Å². The zero-order chi connectivity index (χ0) is 16.8. The van der Waals surface area contributed by atoms with Gasteiger partial charge in [-0.25, -0.2) is 0 Å². The highest BCUT2D eigenvalue weighted by Gasteiger charge is 2.21. The topological polar surface area (TPSA) is 61.0 Å². The van der Waals surface area contributed by atoms with E-state index in [0.717, 1.165) is 50.2 Å². The molecule has 2 N–H and O–H groups in total. The van der Waals surface area contributed by atoms with Gasteiger partial charge in [0.25, 0.3) is 0 Å². The third-order valence-electron chi connectivity index (χ3n) is 4.75. The number of carbonyl (C=O) groups excluding carboxylic acids is 1. The first-order chi connectivity index (χ1) is 11.7. The molecule has 1 saturated heterocycles. The fraction of sp³-hybridized carbons (Fsp3) is 0.474. The molecule has 5 nitrogen and oxygen atoms in total. The molecule has 0 bridgehead atoms. The van der Waals surface area contributed by atoms with Crippen molar-refractivity contribution >= 4 is 5.91 Å². The predicted octanol–water partition coefficient (Wildman–Crippen LogP) is 2.95. The lowest BCUT2D eigenvalue weighted by Crippen LogP contribution is -2.38. The van der Waals surface area contributed by atoms with Crippen LogP contribution in [-0.2, 0) is 11.3 Å². The summed E-state index contributed by atoms with van der Waals surface area (Å²) >= 11 is 0. The summed E-state index contributed by atoms with van der Waals surface area (Å²) in [6.07, 6.45) is 5.82. The number of hydrogen-bond donors (Lipinski definition) is 2. The molecular weight excluding hydrogens is 300 g/mol. The van der Waals surface area contributed by atoms with Gasteiger partial charge in [-0.15, -0.1) is 0 Å². The maximum atomic E-state index is 12.4. The molecule has 2 heterocycles. The van der Waals surface area contributed by atoms with Crippen molar-refractivity contribution in [3.05, 3.63) is 53.3 Å². The summed E-state index contributed by atoms with van der Waals surface area (Å²) in [7, 11) is 0. The summed E-state index contributed by atoms with van der Waals surface area (Å²) in [5, 5.41) is 10.7. The van der Waals surface area contributed by atoms with Gasteiger partial charge in [0.1, 0.15) is 0 Å². The van der Waals surface area contributed by atoms with Crippen molar-refractivity contribution in [2.24, 2.45) is 0 Å². The molecule has 1 aromatic carbocycles. The van der Waals surface area contributed by atoms with Gasteiger partial charge in [0, 0.05) is 37.3 Å². The van der Waals surface area contributed by atoms with E-state index in [-0.39, 0.29) is 11.9 Å². The lowest BCUT2D eigenvalue weighted by atomic mass is 10.1. The van der Waals surface area contributed by atoms with Crippen LogP contribution in [0.25, 0.3) is 0 Å². The van der Waals surface area contributed by atoms with E-state index in [0.29, 0.717) is 6.42 Å². The van der Waals surface area contributed by atoms with Gasteiger partial charge in [-0.2, -0.15) is 5.10 Å². The Morgan fingerprint density at radius 1 is 1.25 bits per heavy atom. The van der Waals surface area contributed by atoms with Gasteiger partial charge in [0.15, 0.2) is 0 Å². The first-order valence-corrected chi connectivity index (χ1v) is 8.79. The van der Waals surface area contributed by atoms with E-state index in [9.17, 15) is 4.79 Å². The molecule has 1 atom stereocenters. The normalized spacial score (nSPS) is 16.9. The average Bonchev–Trinajstić information content (AvgIpc) is 2.90.